The van der Waals surface area contributed by atoms with Gasteiger partial charge in [-0.1, -0.05) is 6.07 Å². The van der Waals surface area contributed by atoms with Crippen LogP contribution in [0.1, 0.15) is 0 Å². The third-order valence-corrected chi connectivity index (χ3v) is 3.69. The molecule has 0 radical (unpaired) electrons. The molecule has 9 heteroatoms. The van der Waals surface area contributed by atoms with Gasteiger partial charge in [-0.3, -0.25) is 0 Å². The summed E-state index contributed by atoms with van der Waals surface area (Å²) in [7, 11) is 1.42. The quantitative estimate of drug-likeness (QED) is 0.774. The second-order valence-electron chi connectivity index (χ2n) is 5.45. The molecule has 0 saturated carbocycles. The van der Waals surface area contributed by atoms with Crippen molar-refractivity contribution in [2.45, 2.75) is 12.5 Å². The highest BCUT2D eigenvalue weighted by Gasteiger charge is 2.33. The first-order valence-corrected chi connectivity index (χ1v) is 7.47. The third-order valence-electron chi connectivity index (χ3n) is 3.69. The summed E-state index contributed by atoms with van der Waals surface area (Å²) in [6.07, 6.45) is -5.11. The largest absolute Gasteiger partial charge is 0.573 e. The molecule has 1 fully saturated rings. The Morgan fingerprint density at radius 1 is 1.04 bits per heavy atom. The van der Waals surface area contributed by atoms with E-state index in [1.54, 1.807) is 0 Å². The van der Waals surface area contributed by atoms with Crippen molar-refractivity contribution < 1.29 is 31.8 Å². The molecule has 1 aliphatic rings. The lowest BCUT2D eigenvalue weighted by Gasteiger charge is -2.28. The van der Waals surface area contributed by atoms with E-state index in [2.05, 4.69) is 10.1 Å². The van der Waals surface area contributed by atoms with Crippen LogP contribution in [0.25, 0.3) is 11.1 Å². The third kappa shape index (κ3) is 4.70. The second kappa shape index (κ2) is 8.01. The van der Waals surface area contributed by atoms with Crippen molar-refractivity contribution in [3.8, 4) is 28.4 Å². The van der Waals surface area contributed by atoms with Gasteiger partial charge in [0.25, 0.3) is 0 Å². The Hall–Kier alpha value is -2.19. The smallest absolute Gasteiger partial charge is 0.497 e. The molecule has 3 rings (SSSR count). The highest BCUT2D eigenvalue weighted by Crippen LogP contribution is 2.38. The van der Waals surface area contributed by atoms with Gasteiger partial charge in [-0.2, -0.15) is 0 Å². The van der Waals surface area contributed by atoms with E-state index in [9.17, 15) is 17.6 Å². The number of nitrogens with one attached hydrogen (secondary N) is 1. The van der Waals surface area contributed by atoms with Gasteiger partial charge in [0, 0.05) is 18.7 Å². The molecule has 0 unspecified atom stereocenters. The maximum Gasteiger partial charge on any atom is 0.573 e. The van der Waals surface area contributed by atoms with Crippen molar-refractivity contribution in [3.63, 3.8) is 0 Å². The molecular formula is C17H16ClF4NO3. The van der Waals surface area contributed by atoms with Crippen LogP contribution < -0.4 is 19.5 Å². The van der Waals surface area contributed by atoms with E-state index in [1.807, 2.05) is 0 Å². The zero-order valence-electron chi connectivity index (χ0n) is 13.6. The first-order valence-electron chi connectivity index (χ1n) is 7.47. The van der Waals surface area contributed by atoms with Crippen molar-refractivity contribution in [3.05, 3.63) is 42.2 Å². The summed E-state index contributed by atoms with van der Waals surface area (Å²) in [6.45, 7) is 1.08. The topological polar surface area (TPSA) is 39.7 Å². The van der Waals surface area contributed by atoms with E-state index in [1.165, 1.54) is 37.4 Å². The summed E-state index contributed by atoms with van der Waals surface area (Å²) in [5, 5.41) is 2.96. The molecule has 0 aromatic heterocycles. The number of ether oxygens (including phenoxy) is 3. The number of hydrogen-bond donors (Lipinski definition) is 1. The van der Waals surface area contributed by atoms with Crippen molar-refractivity contribution >= 4 is 12.4 Å². The molecule has 4 nitrogen and oxygen atoms in total. The Morgan fingerprint density at radius 3 is 2.35 bits per heavy atom. The number of alkyl halides is 3. The normalized spacial score (nSPS) is 14.2. The Balaban J connectivity index is 0.00000243. The molecule has 142 valence electrons. The minimum absolute atomic E-state index is 0. The van der Waals surface area contributed by atoms with Crippen LogP contribution in [0.4, 0.5) is 17.6 Å². The van der Waals surface area contributed by atoms with E-state index < -0.39 is 17.9 Å². The number of hydrogen-bond acceptors (Lipinski definition) is 4. The SMILES string of the molecule is COc1ccc(F)c(-c2ccc(OC3CNC3)c(OC(F)(F)F)c2)c1.Cl. The van der Waals surface area contributed by atoms with E-state index >= 15 is 0 Å². The Kier molecular flexibility index (Phi) is 6.20. The lowest BCUT2D eigenvalue weighted by molar-refractivity contribution is -0.275. The standard InChI is InChI=1S/C17H15F4NO3.ClH/c1-23-11-3-4-14(18)13(7-11)10-2-5-15(24-12-8-22-9-12)16(6-10)25-17(19,20)21;/h2-7,12,22H,8-9H2,1H3;1H. The van der Waals surface area contributed by atoms with Crippen molar-refractivity contribution in [2.24, 2.45) is 0 Å². The van der Waals surface area contributed by atoms with Crippen LogP contribution in [0.2, 0.25) is 0 Å². The molecule has 0 amide bonds. The van der Waals surface area contributed by atoms with Crippen LogP contribution >= 0.6 is 12.4 Å². The first kappa shape index (κ1) is 20.1. The lowest BCUT2D eigenvalue weighted by Crippen LogP contribution is -2.50. The Bertz CT molecular complexity index is 766. The molecular weight excluding hydrogens is 378 g/mol. The molecule has 1 N–H and O–H groups in total. The molecule has 0 aliphatic carbocycles. The molecule has 0 bridgehead atoms. The monoisotopic (exact) mass is 393 g/mol. The molecule has 1 heterocycles. The average molecular weight is 394 g/mol. The van der Waals surface area contributed by atoms with Gasteiger partial charge in [0.2, 0.25) is 0 Å². The molecule has 26 heavy (non-hydrogen) atoms. The van der Waals surface area contributed by atoms with Gasteiger partial charge in [-0.25, -0.2) is 4.39 Å². The summed E-state index contributed by atoms with van der Waals surface area (Å²) >= 11 is 0. The second-order valence-corrected chi connectivity index (χ2v) is 5.45. The fourth-order valence-corrected chi connectivity index (χ4v) is 2.36. The molecule has 1 saturated heterocycles. The van der Waals surface area contributed by atoms with Crippen LogP contribution in [-0.4, -0.2) is 32.7 Å². The zero-order valence-corrected chi connectivity index (χ0v) is 14.4. The summed E-state index contributed by atoms with van der Waals surface area (Å²) in [5.74, 6) is -0.763. The minimum atomic E-state index is -4.89. The molecule has 2 aromatic carbocycles. The van der Waals surface area contributed by atoms with Gasteiger partial charge < -0.3 is 19.5 Å². The predicted molar refractivity (Wildman–Crippen MR) is 89.6 cm³/mol. The fraction of sp³-hybridized carbons (Fsp3) is 0.294. The van der Waals surface area contributed by atoms with Gasteiger partial charge in [-0.15, -0.1) is 25.6 Å². The number of methoxy groups -OCH3 is 1. The van der Waals surface area contributed by atoms with Crippen LogP contribution in [0, 0.1) is 5.82 Å². The molecule has 0 spiro atoms. The summed E-state index contributed by atoms with van der Waals surface area (Å²) in [5.41, 5.74) is 0.318. The predicted octanol–water partition coefficient (Wildman–Crippen LogP) is 4.17. The van der Waals surface area contributed by atoms with E-state index in [0.717, 1.165) is 6.07 Å². The fourth-order valence-electron chi connectivity index (χ4n) is 2.36. The van der Waals surface area contributed by atoms with Crippen molar-refractivity contribution in [1.29, 1.82) is 0 Å². The Labute approximate surface area is 153 Å². The highest BCUT2D eigenvalue weighted by atomic mass is 35.5. The van der Waals surface area contributed by atoms with Crippen molar-refractivity contribution in [1.82, 2.24) is 5.32 Å². The average Bonchev–Trinajstić information content (AvgIpc) is 2.51. The summed E-state index contributed by atoms with van der Waals surface area (Å²) in [6, 6.07) is 7.93. The number of rotatable bonds is 5. The zero-order chi connectivity index (χ0) is 18.0. The van der Waals surface area contributed by atoms with Crippen molar-refractivity contribution in [2.75, 3.05) is 20.2 Å². The lowest BCUT2D eigenvalue weighted by atomic mass is 10.0. The summed E-state index contributed by atoms with van der Waals surface area (Å²) < 4.78 is 66.8. The highest BCUT2D eigenvalue weighted by molar-refractivity contribution is 5.85. The maximum absolute atomic E-state index is 14.1. The van der Waals surface area contributed by atoms with Gasteiger partial charge in [0.15, 0.2) is 11.5 Å². The van der Waals surface area contributed by atoms with E-state index in [-0.39, 0.29) is 35.4 Å². The van der Waals surface area contributed by atoms with Crippen LogP contribution in [0.5, 0.6) is 17.2 Å². The number of halogens is 5. The molecule has 0 atom stereocenters. The van der Waals surface area contributed by atoms with Crippen LogP contribution in [-0.2, 0) is 0 Å². The van der Waals surface area contributed by atoms with Crippen LogP contribution in [0.15, 0.2) is 36.4 Å². The maximum atomic E-state index is 14.1. The minimum Gasteiger partial charge on any atom is -0.497 e. The van der Waals surface area contributed by atoms with E-state index in [0.29, 0.717) is 18.8 Å². The summed E-state index contributed by atoms with van der Waals surface area (Å²) in [4.78, 5) is 0. The Morgan fingerprint density at radius 2 is 1.77 bits per heavy atom. The molecule has 1 aliphatic heterocycles. The van der Waals surface area contributed by atoms with Gasteiger partial charge in [0.05, 0.1) is 7.11 Å². The van der Waals surface area contributed by atoms with Crippen LogP contribution in [0.3, 0.4) is 0 Å². The first-order chi connectivity index (χ1) is 11.9. The van der Waals surface area contributed by atoms with Gasteiger partial charge in [-0.05, 0) is 35.9 Å². The van der Waals surface area contributed by atoms with Gasteiger partial charge in [0.1, 0.15) is 17.7 Å². The van der Waals surface area contributed by atoms with Gasteiger partial charge >= 0.3 is 6.36 Å². The van der Waals surface area contributed by atoms with E-state index in [4.69, 9.17) is 9.47 Å². The number of benzene rings is 2. The molecule has 2 aromatic rings.